The largest absolute Gasteiger partial charge is 0.696 e. The Kier molecular flexibility index (Phi) is 5.51. The number of aromatic nitrogens is 2. The summed E-state index contributed by atoms with van der Waals surface area (Å²) in [6.07, 6.45) is 1.97. The molecule has 4 heterocycles. The van der Waals surface area contributed by atoms with Crippen LogP contribution in [0.25, 0.3) is 22.3 Å². The van der Waals surface area contributed by atoms with Crippen LogP contribution in [0.1, 0.15) is 48.9 Å². The van der Waals surface area contributed by atoms with Gasteiger partial charge in [0.25, 0.3) is 5.56 Å². The maximum absolute atomic E-state index is 13.5. The highest BCUT2D eigenvalue weighted by molar-refractivity contribution is 7.32. The van der Waals surface area contributed by atoms with Gasteiger partial charge < -0.3 is 14.0 Å². The SMILES string of the molecule is CCCc1ccc2nc3c(c(OC)c2c1)Cn1c-3cc2c(c1=O)COC(=O)[C@@]2(CC)O[P+](=O)O. The molecule has 10 heteroatoms. The number of pyridine rings is 2. The van der Waals surface area contributed by atoms with Crippen LogP contribution in [0.5, 0.6) is 5.75 Å². The Hall–Kier alpha value is -3.13. The van der Waals surface area contributed by atoms with E-state index in [1.807, 2.05) is 12.1 Å². The van der Waals surface area contributed by atoms with Crippen LogP contribution < -0.4 is 10.3 Å². The van der Waals surface area contributed by atoms with Crippen molar-refractivity contribution in [3.05, 3.63) is 56.9 Å². The second-order valence-electron chi connectivity index (χ2n) is 8.47. The first-order valence-electron chi connectivity index (χ1n) is 11.1. The van der Waals surface area contributed by atoms with E-state index < -0.39 is 19.8 Å². The summed E-state index contributed by atoms with van der Waals surface area (Å²) in [5.41, 5.74) is 2.02. The molecule has 0 radical (unpaired) electrons. The number of carbonyl (C=O) groups is 1. The highest BCUT2D eigenvalue weighted by atomic mass is 31.1. The van der Waals surface area contributed by atoms with Crippen LogP contribution in [0.15, 0.2) is 29.1 Å². The average Bonchev–Trinajstić information content (AvgIpc) is 3.18. The summed E-state index contributed by atoms with van der Waals surface area (Å²) >= 11 is 0. The Bertz CT molecular complexity index is 1430. The van der Waals surface area contributed by atoms with Crippen LogP contribution in [0.4, 0.5) is 0 Å². The molecular weight excluding hydrogens is 459 g/mol. The zero-order valence-electron chi connectivity index (χ0n) is 19.1. The standard InChI is InChI=1S/C24H23N2O7P/c1-4-6-13-7-8-18-14(9-13)21(31-3)15-11-26-19(20(15)25-18)10-17-16(22(26)27)12-32-23(28)24(17,5-2)33-34(29)30/h7-10H,4-6,11-12H2,1-3H3/p+1/t24-/m0/s1. The molecule has 2 aliphatic rings. The topological polar surface area (TPSA) is 117 Å². The van der Waals surface area contributed by atoms with E-state index in [4.69, 9.17) is 19.0 Å². The Morgan fingerprint density at radius 3 is 2.71 bits per heavy atom. The minimum absolute atomic E-state index is 0.0187. The van der Waals surface area contributed by atoms with E-state index in [1.165, 1.54) is 5.56 Å². The van der Waals surface area contributed by atoms with Gasteiger partial charge in [0, 0.05) is 21.1 Å². The van der Waals surface area contributed by atoms with E-state index in [9.17, 15) is 19.0 Å². The maximum Gasteiger partial charge on any atom is 0.696 e. The van der Waals surface area contributed by atoms with Crippen LogP contribution in [-0.2, 0) is 43.8 Å². The van der Waals surface area contributed by atoms with Crippen molar-refractivity contribution in [2.45, 2.75) is 51.9 Å². The number of carbonyl (C=O) groups excluding carboxylic acids is 1. The predicted octanol–water partition coefficient (Wildman–Crippen LogP) is 3.71. The number of rotatable bonds is 6. The normalized spacial score (nSPS) is 18.8. The van der Waals surface area contributed by atoms with Crippen LogP contribution in [-0.4, -0.2) is 27.5 Å². The summed E-state index contributed by atoms with van der Waals surface area (Å²) in [5, 5.41) is 0.875. The molecule has 1 aromatic carbocycles. The number of hydrogen-bond acceptors (Lipinski definition) is 7. The number of esters is 1. The Balaban J connectivity index is 1.77. The number of ether oxygens (including phenoxy) is 2. The molecule has 0 amide bonds. The molecule has 0 saturated heterocycles. The molecule has 0 bridgehead atoms. The van der Waals surface area contributed by atoms with Crippen LogP contribution >= 0.6 is 8.25 Å². The van der Waals surface area contributed by atoms with Crippen molar-refractivity contribution in [3.8, 4) is 17.1 Å². The van der Waals surface area contributed by atoms with E-state index >= 15 is 0 Å². The lowest BCUT2D eigenvalue weighted by Crippen LogP contribution is -2.45. The second-order valence-corrected chi connectivity index (χ2v) is 9.13. The number of fused-ring (bicyclic) bond motifs is 5. The Morgan fingerprint density at radius 2 is 2.03 bits per heavy atom. The lowest BCUT2D eigenvalue weighted by Gasteiger charge is -2.31. The molecule has 34 heavy (non-hydrogen) atoms. The van der Waals surface area contributed by atoms with Gasteiger partial charge in [-0.2, -0.15) is 0 Å². The summed E-state index contributed by atoms with van der Waals surface area (Å²) in [4.78, 5) is 40.6. The monoisotopic (exact) mass is 483 g/mol. The Labute approximate surface area is 196 Å². The molecule has 3 aromatic rings. The first-order valence-corrected chi connectivity index (χ1v) is 12.3. The van der Waals surface area contributed by atoms with Crippen molar-refractivity contribution < 1.29 is 28.3 Å². The minimum Gasteiger partial charge on any atom is -0.496 e. The fourth-order valence-corrected chi connectivity index (χ4v) is 5.61. The van der Waals surface area contributed by atoms with Gasteiger partial charge in [0.05, 0.1) is 36.1 Å². The maximum atomic E-state index is 13.5. The van der Waals surface area contributed by atoms with Gasteiger partial charge in [-0.15, -0.1) is 4.89 Å². The van der Waals surface area contributed by atoms with Crippen LogP contribution in [0, 0.1) is 0 Å². The fourth-order valence-electron chi connectivity index (χ4n) is 5.04. The van der Waals surface area contributed by atoms with Crippen molar-refractivity contribution in [2.75, 3.05) is 7.11 Å². The molecule has 1 unspecified atom stereocenters. The zero-order valence-corrected chi connectivity index (χ0v) is 20.0. The molecule has 2 aliphatic heterocycles. The molecule has 2 atom stereocenters. The first-order chi connectivity index (χ1) is 16.3. The van der Waals surface area contributed by atoms with E-state index in [1.54, 1.807) is 24.7 Å². The van der Waals surface area contributed by atoms with Gasteiger partial charge in [0.1, 0.15) is 12.4 Å². The van der Waals surface area contributed by atoms with Crippen molar-refractivity contribution in [3.63, 3.8) is 0 Å². The van der Waals surface area contributed by atoms with Gasteiger partial charge in [-0.1, -0.05) is 30.9 Å². The van der Waals surface area contributed by atoms with Crippen LogP contribution in [0.3, 0.4) is 0 Å². The fraction of sp³-hybridized carbons (Fsp3) is 0.375. The van der Waals surface area contributed by atoms with Gasteiger partial charge in [0.2, 0.25) is 5.60 Å². The molecular formula is C24H24N2O7P+. The summed E-state index contributed by atoms with van der Waals surface area (Å²) < 4.78 is 29.4. The number of methoxy groups -OCH3 is 1. The van der Waals surface area contributed by atoms with Gasteiger partial charge in [0.15, 0.2) is 0 Å². The van der Waals surface area contributed by atoms with Crippen LogP contribution in [0.2, 0.25) is 0 Å². The van der Waals surface area contributed by atoms with Crippen molar-refractivity contribution in [2.24, 2.45) is 0 Å². The zero-order chi connectivity index (χ0) is 24.2. The van der Waals surface area contributed by atoms with Crippen molar-refractivity contribution in [1.82, 2.24) is 9.55 Å². The molecule has 2 aromatic heterocycles. The number of benzene rings is 1. The molecule has 0 spiro atoms. The number of cyclic esters (lactones) is 1. The lowest BCUT2D eigenvalue weighted by atomic mass is 9.86. The third-order valence-corrected chi connectivity index (χ3v) is 7.11. The number of nitrogens with zero attached hydrogens (tertiary/aromatic N) is 2. The summed E-state index contributed by atoms with van der Waals surface area (Å²) in [6.45, 7) is 3.78. The molecule has 5 rings (SSSR count). The van der Waals surface area contributed by atoms with E-state index in [0.29, 0.717) is 17.1 Å². The van der Waals surface area contributed by atoms with E-state index in [-0.39, 0.29) is 36.3 Å². The lowest BCUT2D eigenvalue weighted by molar-refractivity contribution is -0.169. The quantitative estimate of drug-likeness (QED) is 0.326. The third-order valence-electron chi connectivity index (χ3n) is 6.64. The molecule has 0 fully saturated rings. The van der Waals surface area contributed by atoms with Gasteiger partial charge in [-0.3, -0.25) is 4.79 Å². The molecule has 9 nitrogen and oxygen atoms in total. The summed E-state index contributed by atoms with van der Waals surface area (Å²) in [5.74, 6) is -0.141. The van der Waals surface area contributed by atoms with Gasteiger partial charge in [-0.25, -0.2) is 9.78 Å². The second kappa shape index (κ2) is 8.27. The molecule has 0 saturated carbocycles. The Morgan fingerprint density at radius 1 is 1.24 bits per heavy atom. The average molecular weight is 483 g/mol. The smallest absolute Gasteiger partial charge is 0.496 e. The third kappa shape index (κ3) is 3.19. The minimum atomic E-state index is -3.13. The predicted molar refractivity (Wildman–Crippen MR) is 124 cm³/mol. The number of aryl methyl sites for hydroxylation is 1. The van der Waals surface area contributed by atoms with Gasteiger partial charge in [-0.05, 0) is 36.6 Å². The summed E-state index contributed by atoms with van der Waals surface area (Å²) in [7, 11) is -1.53. The van der Waals surface area contributed by atoms with Crippen molar-refractivity contribution >= 4 is 25.1 Å². The highest BCUT2D eigenvalue weighted by Crippen LogP contribution is 2.46. The summed E-state index contributed by atoms with van der Waals surface area (Å²) in [6, 6.07) is 7.70. The molecule has 1 N–H and O–H groups in total. The highest BCUT2D eigenvalue weighted by Gasteiger charge is 2.54. The molecule has 0 aliphatic carbocycles. The van der Waals surface area contributed by atoms with Gasteiger partial charge >= 0.3 is 14.2 Å². The van der Waals surface area contributed by atoms with E-state index in [0.717, 1.165) is 29.3 Å². The first kappa shape index (κ1) is 22.7. The molecule has 176 valence electrons. The van der Waals surface area contributed by atoms with Crippen molar-refractivity contribution in [1.29, 1.82) is 0 Å². The van der Waals surface area contributed by atoms with E-state index in [2.05, 4.69) is 13.0 Å². The number of hydrogen-bond donors (Lipinski definition) is 1.